The molecule has 19 heavy (non-hydrogen) atoms. The quantitative estimate of drug-likeness (QED) is 0.485. The number of aromatic nitrogens is 2. The summed E-state index contributed by atoms with van der Waals surface area (Å²) in [5.74, 6) is -0.580. The van der Waals surface area contributed by atoms with Crippen LogP contribution >= 0.6 is 11.8 Å². The molecule has 7 heteroatoms. The molecule has 0 aliphatic heterocycles. The maximum atomic E-state index is 11.4. The Labute approximate surface area is 116 Å². The van der Waals surface area contributed by atoms with Crippen molar-refractivity contribution in [2.45, 2.75) is 37.9 Å². The van der Waals surface area contributed by atoms with E-state index in [1.54, 1.807) is 0 Å². The Hall–Kier alpha value is -1.34. The molecule has 6 nitrogen and oxygen atoms in total. The van der Waals surface area contributed by atoms with Gasteiger partial charge in [-0.15, -0.1) is 0 Å². The van der Waals surface area contributed by atoms with Gasteiger partial charge in [-0.25, -0.2) is 4.98 Å². The number of nitrogens with zero attached hydrogens (tertiary/aromatic N) is 1. The minimum atomic E-state index is -0.901. The highest BCUT2D eigenvalue weighted by atomic mass is 32.2. The average Bonchev–Trinajstić information content (AvgIpc) is 2.34. The minimum Gasteiger partial charge on any atom is -0.480 e. The van der Waals surface area contributed by atoms with Crippen molar-refractivity contribution in [3.63, 3.8) is 0 Å². The number of aryl methyl sites for hydroxylation is 1. The molecule has 0 aliphatic carbocycles. The van der Waals surface area contributed by atoms with E-state index in [0.717, 1.165) is 18.5 Å². The van der Waals surface area contributed by atoms with Crippen LogP contribution in [0.1, 0.15) is 26.0 Å². The van der Waals surface area contributed by atoms with E-state index >= 15 is 0 Å². The predicted molar refractivity (Wildman–Crippen MR) is 74.7 cm³/mol. The zero-order chi connectivity index (χ0) is 14.3. The number of H-pyrrole nitrogens is 1. The zero-order valence-electron chi connectivity index (χ0n) is 11.1. The van der Waals surface area contributed by atoms with Gasteiger partial charge in [-0.05, 0) is 13.0 Å². The summed E-state index contributed by atoms with van der Waals surface area (Å²) in [7, 11) is 0. The van der Waals surface area contributed by atoms with Crippen molar-refractivity contribution in [3.05, 3.63) is 22.1 Å². The lowest BCUT2D eigenvalue weighted by Gasteiger charge is -2.12. The second-order valence-electron chi connectivity index (χ2n) is 4.05. The molecule has 0 radical (unpaired) electrons. The van der Waals surface area contributed by atoms with E-state index in [1.165, 1.54) is 17.8 Å². The van der Waals surface area contributed by atoms with Gasteiger partial charge >= 0.3 is 5.97 Å². The number of thioether (sulfide) groups is 1. The summed E-state index contributed by atoms with van der Waals surface area (Å²) in [6, 6.07) is 0.835. The van der Waals surface area contributed by atoms with E-state index in [2.05, 4.69) is 15.3 Å². The molecule has 1 aromatic heterocycles. The molecule has 3 N–H and O–H groups in total. The van der Waals surface area contributed by atoms with Crippen LogP contribution < -0.4 is 10.9 Å². The lowest BCUT2D eigenvalue weighted by molar-refractivity contribution is -0.138. The van der Waals surface area contributed by atoms with Gasteiger partial charge in [0, 0.05) is 17.5 Å². The third-order valence-corrected chi connectivity index (χ3v) is 3.38. The third kappa shape index (κ3) is 5.44. The van der Waals surface area contributed by atoms with Crippen molar-refractivity contribution in [2.24, 2.45) is 0 Å². The van der Waals surface area contributed by atoms with Crippen LogP contribution in [-0.4, -0.2) is 39.4 Å². The molecular weight excluding hydrogens is 266 g/mol. The highest BCUT2D eigenvalue weighted by molar-refractivity contribution is 7.99. The molecule has 0 aromatic carbocycles. The summed E-state index contributed by atoms with van der Waals surface area (Å²) in [4.78, 5) is 29.3. The summed E-state index contributed by atoms with van der Waals surface area (Å²) in [6.45, 7) is 4.45. The Kier molecular flexibility index (Phi) is 6.58. The van der Waals surface area contributed by atoms with E-state index in [0.29, 0.717) is 17.5 Å². The van der Waals surface area contributed by atoms with E-state index in [4.69, 9.17) is 5.11 Å². The molecule has 0 fully saturated rings. The molecule has 1 rings (SSSR count). The van der Waals surface area contributed by atoms with Crippen LogP contribution in [0.5, 0.6) is 0 Å². The molecule has 1 unspecified atom stereocenters. The first-order chi connectivity index (χ1) is 9.06. The van der Waals surface area contributed by atoms with Gasteiger partial charge in [0.1, 0.15) is 6.04 Å². The maximum absolute atomic E-state index is 11.4. The number of hydrogen-bond acceptors (Lipinski definition) is 5. The largest absolute Gasteiger partial charge is 0.480 e. The molecule has 0 bridgehead atoms. The average molecular weight is 285 g/mol. The van der Waals surface area contributed by atoms with E-state index in [1.807, 2.05) is 13.8 Å². The van der Waals surface area contributed by atoms with Crippen molar-refractivity contribution >= 4 is 17.7 Å². The van der Waals surface area contributed by atoms with Gasteiger partial charge in [-0.1, -0.05) is 32.0 Å². The molecule has 1 aromatic rings. The van der Waals surface area contributed by atoms with Crippen LogP contribution in [-0.2, 0) is 11.2 Å². The fraction of sp³-hybridized carbons (Fsp3) is 0.583. The second kappa shape index (κ2) is 7.96. The fourth-order valence-corrected chi connectivity index (χ4v) is 2.50. The smallest absolute Gasteiger partial charge is 0.321 e. The lowest BCUT2D eigenvalue weighted by Crippen LogP contribution is -2.38. The van der Waals surface area contributed by atoms with Gasteiger partial charge < -0.3 is 15.4 Å². The zero-order valence-corrected chi connectivity index (χ0v) is 11.9. The highest BCUT2D eigenvalue weighted by Gasteiger charge is 2.16. The van der Waals surface area contributed by atoms with Crippen molar-refractivity contribution in [2.75, 3.05) is 12.3 Å². The van der Waals surface area contributed by atoms with Crippen LogP contribution in [0.3, 0.4) is 0 Å². The molecule has 0 saturated carbocycles. The van der Waals surface area contributed by atoms with Gasteiger partial charge in [-0.2, -0.15) is 0 Å². The first-order valence-electron chi connectivity index (χ1n) is 6.26. The van der Waals surface area contributed by atoms with Gasteiger partial charge in [0.05, 0.1) is 0 Å². The Balaban J connectivity index is 2.70. The SMILES string of the molecule is CCCc1cc(=O)[nH]c(SCC(NCC)C(=O)O)n1. The number of aromatic amines is 1. The number of carbonyl (C=O) groups is 1. The van der Waals surface area contributed by atoms with Crippen molar-refractivity contribution < 1.29 is 9.90 Å². The number of aliphatic carboxylic acids is 1. The highest BCUT2D eigenvalue weighted by Crippen LogP contribution is 2.13. The number of carboxylic acid groups (broad SMARTS) is 1. The predicted octanol–water partition coefficient (Wildman–Crippen LogP) is 0.877. The minimum absolute atomic E-state index is 0.198. The van der Waals surface area contributed by atoms with E-state index in [9.17, 15) is 9.59 Å². The van der Waals surface area contributed by atoms with E-state index < -0.39 is 12.0 Å². The molecule has 1 atom stereocenters. The first-order valence-corrected chi connectivity index (χ1v) is 7.24. The monoisotopic (exact) mass is 285 g/mol. The first kappa shape index (κ1) is 15.7. The normalized spacial score (nSPS) is 12.3. The number of hydrogen-bond donors (Lipinski definition) is 3. The molecule has 0 aliphatic rings. The van der Waals surface area contributed by atoms with Crippen LogP contribution in [0, 0.1) is 0 Å². The van der Waals surface area contributed by atoms with Gasteiger partial charge in [0.15, 0.2) is 5.16 Å². The van der Waals surface area contributed by atoms with Crippen LogP contribution in [0.15, 0.2) is 16.0 Å². The van der Waals surface area contributed by atoms with Crippen LogP contribution in [0.25, 0.3) is 0 Å². The van der Waals surface area contributed by atoms with E-state index in [-0.39, 0.29) is 5.56 Å². The topological polar surface area (TPSA) is 95.1 Å². The standard InChI is InChI=1S/C12H19N3O3S/c1-3-5-8-6-10(16)15-12(14-8)19-7-9(11(17)18)13-4-2/h6,9,13H,3-5,7H2,1-2H3,(H,17,18)(H,14,15,16). The Morgan fingerprint density at radius 1 is 1.58 bits per heavy atom. The summed E-state index contributed by atoms with van der Waals surface area (Å²) in [5.41, 5.74) is 0.542. The molecule has 0 spiro atoms. The number of nitrogens with one attached hydrogen (secondary N) is 2. The lowest BCUT2D eigenvalue weighted by atomic mass is 10.2. The molecule has 1 heterocycles. The Morgan fingerprint density at radius 3 is 2.89 bits per heavy atom. The van der Waals surface area contributed by atoms with Crippen LogP contribution in [0.2, 0.25) is 0 Å². The summed E-state index contributed by atoms with van der Waals surface area (Å²) >= 11 is 1.24. The maximum Gasteiger partial charge on any atom is 0.321 e. The van der Waals surface area contributed by atoms with Crippen LogP contribution in [0.4, 0.5) is 0 Å². The Bertz CT molecular complexity index is 476. The Morgan fingerprint density at radius 2 is 2.32 bits per heavy atom. The summed E-state index contributed by atoms with van der Waals surface area (Å²) < 4.78 is 0. The van der Waals surface area contributed by atoms with Crippen molar-refractivity contribution in [1.82, 2.24) is 15.3 Å². The molecule has 0 amide bonds. The number of likely N-dealkylation sites (N-methyl/N-ethyl adjacent to an activating group) is 1. The molecular formula is C12H19N3O3S. The number of carboxylic acids is 1. The fourth-order valence-electron chi connectivity index (χ4n) is 1.56. The molecule has 106 valence electrons. The number of rotatable bonds is 8. The van der Waals surface area contributed by atoms with Gasteiger partial charge in [-0.3, -0.25) is 9.59 Å². The summed E-state index contributed by atoms with van der Waals surface area (Å²) in [6.07, 6.45) is 1.66. The van der Waals surface area contributed by atoms with Gasteiger partial charge in [0.2, 0.25) is 0 Å². The molecule has 0 saturated heterocycles. The third-order valence-electron chi connectivity index (χ3n) is 2.41. The summed E-state index contributed by atoms with van der Waals surface area (Å²) in [5, 5.41) is 12.3. The van der Waals surface area contributed by atoms with Crippen molar-refractivity contribution in [3.8, 4) is 0 Å². The second-order valence-corrected chi connectivity index (χ2v) is 5.06. The van der Waals surface area contributed by atoms with Gasteiger partial charge in [0.25, 0.3) is 5.56 Å². The van der Waals surface area contributed by atoms with Crippen molar-refractivity contribution in [1.29, 1.82) is 0 Å².